The predicted molar refractivity (Wildman–Crippen MR) is 86.8 cm³/mol. The minimum Gasteiger partial charge on any atom is -0.492 e. The van der Waals surface area contributed by atoms with Crippen molar-refractivity contribution in [3.8, 4) is 5.75 Å². The fourth-order valence-corrected chi connectivity index (χ4v) is 3.15. The van der Waals surface area contributed by atoms with E-state index in [1.807, 2.05) is 0 Å². The van der Waals surface area contributed by atoms with Gasteiger partial charge >= 0.3 is 5.97 Å². The van der Waals surface area contributed by atoms with Gasteiger partial charge in [-0.1, -0.05) is 23.7 Å². The Morgan fingerprint density at radius 3 is 2.61 bits per heavy atom. The molecular formula is C15H14ClNO5S. The summed E-state index contributed by atoms with van der Waals surface area (Å²) in [5, 5.41) is 9.40. The lowest BCUT2D eigenvalue weighted by molar-refractivity contribution is 0.0698. The Morgan fingerprint density at radius 2 is 1.96 bits per heavy atom. The summed E-state index contributed by atoms with van der Waals surface area (Å²) in [5.74, 6) is -0.988. The summed E-state index contributed by atoms with van der Waals surface area (Å²) in [7, 11) is -3.98. The Balaban J connectivity index is 2.40. The van der Waals surface area contributed by atoms with E-state index in [-0.39, 0.29) is 26.9 Å². The van der Waals surface area contributed by atoms with Gasteiger partial charge in [0.2, 0.25) is 0 Å². The number of sulfonamides is 1. The summed E-state index contributed by atoms with van der Waals surface area (Å²) in [6.45, 7) is 2.08. The van der Waals surface area contributed by atoms with Gasteiger partial charge < -0.3 is 9.84 Å². The highest BCUT2D eigenvalue weighted by atomic mass is 35.5. The minimum atomic E-state index is -3.98. The van der Waals surface area contributed by atoms with Gasteiger partial charge in [-0.3, -0.25) is 4.72 Å². The van der Waals surface area contributed by atoms with Crippen LogP contribution in [0.1, 0.15) is 17.3 Å². The molecule has 0 unspecified atom stereocenters. The zero-order valence-electron chi connectivity index (χ0n) is 12.1. The lowest BCUT2D eigenvalue weighted by atomic mass is 10.2. The minimum absolute atomic E-state index is 0.0205. The molecular weight excluding hydrogens is 342 g/mol. The number of carboxylic acid groups (broad SMARTS) is 1. The summed E-state index contributed by atoms with van der Waals surface area (Å²) in [6.07, 6.45) is 0. The third kappa shape index (κ3) is 3.94. The molecule has 0 aliphatic carbocycles. The molecule has 2 aromatic carbocycles. The molecule has 0 aliphatic heterocycles. The lowest BCUT2D eigenvalue weighted by Crippen LogP contribution is -2.15. The van der Waals surface area contributed by atoms with E-state index in [0.29, 0.717) is 6.61 Å². The number of nitrogens with one attached hydrogen (secondary N) is 1. The third-order valence-corrected chi connectivity index (χ3v) is 4.59. The van der Waals surface area contributed by atoms with Crippen LogP contribution in [0, 0.1) is 0 Å². The molecule has 122 valence electrons. The van der Waals surface area contributed by atoms with Crippen molar-refractivity contribution in [3.05, 3.63) is 53.1 Å². The number of hydrogen-bond donors (Lipinski definition) is 2. The summed E-state index contributed by atoms with van der Waals surface area (Å²) >= 11 is 5.93. The molecule has 0 aliphatic rings. The molecule has 0 heterocycles. The van der Waals surface area contributed by atoms with Crippen molar-refractivity contribution < 1.29 is 23.1 Å². The standard InChI is InChI=1S/C15H14ClNO5S/c1-2-22-14-9-10(7-8-12(14)16)23(20,21)17-13-6-4-3-5-11(13)15(18)19/h3-9,17H,2H2,1H3,(H,18,19). The number of carboxylic acids is 1. The number of para-hydroxylation sites is 1. The van der Waals surface area contributed by atoms with Crippen LogP contribution in [0.25, 0.3) is 0 Å². The number of ether oxygens (including phenoxy) is 1. The van der Waals surface area contributed by atoms with E-state index in [0.717, 1.165) is 0 Å². The first-order chi connectivity index (χ1) is 10.8. The summed E-state index contributed by atoms with van der Waals surface area (Å²) < 4.78 is 32.4. The predicted octanol–water partition coefficient (Wildman–Crippen LogP) is 3.24. The van der Waals surface area contributed by atoms with Gasteiger partial charge in [-0.2, -0.15) is 0 Å². The molecule has 0 atom stereocenters. The zero-order chi connectivity index (χ0) is 17.0. The van der Waals surface area contributed by atoms with E-state index in [1.165, 1.54) is 42.5 Å². The van der Waals surface area contributed by atoms with Crippen LogP contribution in [-0.2, 0) is 10.0 Å². The lowest BCUT2D eigenvalue weighted by Gasteiger charge is -2.12. The number of carbonyl (C=O) groups is 1. The number of benzene rings is 2. The van der Waals surface area contributed by atoms with Crippen molar-refractivity contribution in [1.29, 1.82) is 0 Å². The van der Waals surface area contributed by atoms with Gasteiger partial charge in [0, 0.05) is 6.07 Å². The molecule has 2 N–H and O–H groups in total. The smallest absolute Gasteiger partial charge is 0.337 e. The maximum atomic E-state index is 12.4. The molecule has 23 heavy (non-hydrogen) atoms. The van der Waals surface area contributed by atoms with Gasteiger partial charge in [0.1, 0.15) is 5.75 Å². The first-order valence-electron chi connectivity index (χ1n) is 6.62. The fourth-order valence-electron chi connectivity index (χ4n) is 1.88. The highest BCUT2D eigenvalue weighted by molar-refractivity contribution is 7.92. The van der Waals surface area contributed by atoms with E-state index in [4.69, 9.17) is 21.4 Å². The fraction of sp³-hybridized carbons (Fsp3) is 0.133. The summed E-state index contributed by atoms with van der Waals surface area (Å²) in [6, 6.07) is 9.75. The SMILES string of the molecule is CCOc1cc(S(=O)(=O)Nc2ccccc2C(=O)O)ccc1Cl. The van der Waals surface area contributed by atoms with Gasteiger partial charge in [-0.15, -0.1) is 0 Å². The largest absolute Gasteiger partial charge is 0.492 e. The highest BCUT2D eigenvalue weighted by Gasteiger charge is 2.19. The second-order valence-electron chi connectivity index (χ2n) is 4.48. The van der Waals surface area contributed by atoms with Crippen LogP contribution in [0.2, 0.25) is 5.02 Å². The average Bonchev–Trinajstić information content (AvgIpc) is 2.49. The van der Waals surface area contributed by atoms with Gasteiger partial charge in [0.15, 0.2) is 0 Å². The Kier molecular flexibility index (Phi) is 5.12. The number of hydrogen-bond acceptors (Lipinski definition) is 4. The first kappa shape index (κ1) is 17.1. The van der Waals surface area contributed by atoms with Gasteiger partial charge in [0.05, 0.1) is 27.8 Å². The Morgan fingerprint density at radius 1 is 1.26 bits per heavy atom. The van der Waals surface area contributed by atoms with Gasteiger partial charge in [-0.05, 0) is 31.2 Å². The molecule has 0 saturated carbocycles. The van der Waals surface area contributed by atoms with Crippen LogP contribution < -0.4 is 9.46 Å². The van der Waals surface area contributed by atoms with Crippen molar-refractivity contribution in [2.45, 2.75) is 11.8 Å². The molecule has 0 fully saturated rings. The summed E-state index contributed by atoms with van der Waals surface area (Å²) in [5.41, 5.74) is -0.164. The number of rotatable bonds is 6. The summed E-state index contributed by atoms with van der Waals surface area (Å²) in [4.78, 5) is 11.1. The second-order valence-corrected chi connectivity index (χ2v) is 6.57. The van der Waals surface area contributed by atoms with Gasteiger partial charge in [0.25, 0.3) is 10.0 Å². The van der Waals surface area contributed by atoms with Crippen molar-refractivity contribution in [1.82, 2.24) is 0 Å². The van der Waals surface area contributed by atoms with Crippen molar-refractivity contribution in [2.75, 3.05) is 11.3 Å². The first-order valence-corrected chi connectivity index (χ1v) is 8.48. The van der Waals surface area contributed by atoms with Crippen molar-refractivity contribution in [3.63, 3.8) is 0 Å². The van der Waals surface area contributed by atoms with Crippen molar-refractivity contribution in [2.24, 2.45) is 0 Å². The van der Waals surface area contributed by atoms with Crippen LogP contribution in [0.3, 0.4) is 0 Å². The second kappa shape index (κ2) is 6.89. The van der Waals surface area contributed by atoms with Crippen LogP contribution in [0.15, 0.2) is 47.4 Å². The molecule has 6 nitrogen and oxygen atoms in total. The van der Waals surface area contributed by atoms with Crippen LogP contribution in [0.4, 0.5) is 5.69 Å². The average molecular weight is 356 g/mol. The molecule has 2 rings (SSSR count). The van der Waals surface area contributed by atoms with Crippen LogP contribution in [0.5, 0.6) is 5.75 Å². The molecule has 0 spiro atoms. The van der Waals surface area contributed by atoms with E-state index >= 15 is 0 Å². The van der Waals surface area contributed by atoms with Crippen molar-refractivity contribution >= 4 is 33.3 Å². The van der Waals surface area contributed by atoms with E-state index < -0.39 is 16.0 Å². The molecule has 0 bridgehead atoms. The Labute approximate surface area is 138 Å². The normalized spacial score (nSPS) is 11.0. The number of aromatic carboxylic acids is 1. The quantitative estimate of drug-likeness (QED) is 0.829. The maximum absolute atomic E-state index is 12.4. The molecule has 8 heteroatoms. The maximum Gasteiger partial charge on any atom is 0.337 e. The molecule has 0 aromatic heterocycles. The molecule has 0 saturated heterocycles. The van der Waals surface area contributed by atoms with Crippen LogP contribution >= 0.6 is 11.6 Å². The van der Waals surface area contributed by atoms with E-state index in [1.54, 1.807) is 6.92 Å². The Bertz CT molecular complexity index is 836. The third-order valence-electron chi connectivity index (χ3n) is 2.91. The zero-order valence-corrected chi connectivity index (χ0v) is 13.7. The van der Waals surface area contributed by atoms with Gasteiger partial charge in [-0.25, -0.2) is 13.2 Å². The van der Waals surface area contributed by atoms with Crippen LogP contribution in [-0.4, -0.2) is 26.1 Å². The topological polar surface area (TPSA) is 92.7 Å². The van der Waals surface area contributed by atoms with E-state index in [2.05, 4.69) is 4.72 Å². The highest BCUT2D eigenvalue weighted by Crippen LogP contribution is 2.29. The Hall–Kier alpha value is -2.25. The number of halogens is 1. The van der Waals surface area contributed by atoms with E-state index in [9.17, 15) is 13.2 Å². The molecule has 0 amide bonds. The monoisotopic (exact) mass is 355 g/mol. The number of anilines is 1. The molecule has 0 radical (unpaired) electrons. The molecule has 2 aromatic rings.